The van der Waals surface area contributed by atoms with Gasteiger partial charge in [-0.25, -0.2) is 0 Å². The second-order valence-corrected chi connectivity index (χ2v) is 3.60. The third kappa shape index (κ3) is 3.25. The van der Waals surface area contributed by atoms with Crippen LogP contribution >= 0.6 is 11.6 Å². The molecule has 0 aliphatic carbocycles. The summed E-state index contributed by atoms with van der Waals surface area (Å²) < 4.78 is 1.39. The summed E-state index contributed by atoms with van der Waals surface area (Å²) in [4.78, 5) is 22.7. The zero-order valence-corrected chi connectivity index (χ0v) is 9.04. The molecule has 0 aliphatic rings. The summed E-state index contributed by atoms with van der Waals surface area (Å²) in [6, 6.07) is 2.83. The van der Waals surface area contributed by atoms with Gasteiger partial charge in [0.1, 0.15) is 0 Å². The van der Waals surface area contributed by atoms with E-state index in [1.165, 1.54) is 16.8 Å². The van der Waals surface area contributed by atoms with Gasteiger partial charge in [0.15, 0.2) is 0 Å². The number of carbonyl (C=O) groups excluding carboxylic acids is 1. The molecule has 1 amide bonds. The summed E-state index contributed by atoms with van der Waals surface area (Å²) in [5, 5.41) is 2.87. The first-order chi connectivity index (χ1) is 7.00. The molecule has 0 spiro atoms. The summed E-state index contributed by atoms with van der Waals surface area (Å²) in [5.74, 6) is -0.338. The Labute approximate surface area is 92.2 Å². The number of rotatable bonds is 3. The molecule has 0 atom stereocenters. The summed E-state index contributed by atoms with van der Waals surface area (Å²) in [6.45, 7) is 3.63. The Morgan fingerprint density at radius 2 is 2.33 bits per heavy atom. The van der Waals surface area contributed by atoms with Crippen molar-refractivity contribution in [3.63, 3.8) is 0 Å². The Bertz CT molecular complexity index is 451. The SMILES string of the molecule is C=C(Cl)CNC(=O)c1ccn(C)c(=O)c1. The third-order valence-corrected chi connectivity index (χ3v) is 1.94. The van der Waals surface area contributed by atoms with Crippen molar-refractivity contribution in [2.24, 2.45) is 7.05 Å². The zero-order chi connectivity index (χ0) is 11.4. The van der Waals surface area contributed by atoms with E-state index in [0.717, 1.165) is 0 Å². The molecule has 1 N–H and O–H groups in total. The molecule has 0 fully saturated rings. The molecule has 1 aromatic rings. The molecule has 0 aromatic carbocycles. The van der Waals surface area contributed by atoms with Gasteiger partial charge in [-0.15, -0.1) is 0 Å². The number of aromatic nitrogens is 1. The van der Waals surface area contributed by atoms with E-state index in [2.05, 4.69) is 11.9 Å². The van der Waals surface area contributed by atoms with E-state index in [4.69, 9.17) is 11.6 Å². The number of amides is 1. The quantitative estimate of drug-likeness (QED) is 0.832. The molecule has 1 aromatic heterocycles. The summed E-state index contributed by atoms with van der Waals surface area (Å²) in [7, 11) is 1.62. The van der Waals surface area contributed by atoms with Crippen molar-refractivity contribution in [1.82, 2.24) is 9.88 Å². The molecule has 0 aliphatic heterocycles. The molecule has 0 saturated heterocycles. The van der Waals surface area contributed by atoms with Crippen LogP contribution in [0.15, 0.2) is 34.7 Å². The van der Waals surface area contributed by atoms with Crippen molar-refractivity contribution in [2.75, 3.05) is 6.54 Å². The average molecular weight is 227 g/mol. The number of hydrogen-bond acceptors (Lipinski definition) is 2. The Kier molecular flexibility index (Phi) is 3.68. The molecular weight excluding hydrogens is 216 g/mol. The van der Waals surface area contributed by atoms with Crippen molar-refractivity contribution in [2.45, 2.75) is 0 Å². The van der Waals surface area contributed by atoms with Crippen LogP contribution in [0.4, 0.5) is 0 Å². The van der Waals surface area contributed by atoms with Crippen molar-refractivity contribution in [3.8, 4) is 0 Å². The molecule has 0 saturated carbocycles. The Hall–Kier alpha value is -1.55. The lowest BCUT2D eigenvalue weighted by molar-refractivity contribution is 0.0957. The molecule has 1 heterocycles. The van der Waals surface area contributed by atoms with Crippen LogP contribution in [0.5, 0.6) is 0 Å². The largest absolute Gasteiger partial charge is 0.347 e. The van der Waals surface area contributed by atoms with Crippen LogP contribution in [0.3, 0.4) is 0 Å². The highest BCUT2D eigenvalue weighted by Crippen LogP contribution is 1.97. The van der Waals surface area contributed by atoms with Crippen molar-refractivity contribution >= 4 is 17.5 Å². The predicted molar refractivity (Wildman–Crippen MR) is 59.0 cm³/mol. The van der Waals surface area contributed by atoms with Gasteiger partial charge >= 0.3 is 0 Å². The predicted octanol–water partition coefficient (Wildman–Crippen LogP) is 0.868. The highest BCUT2D eigenvalue weighted by atomic mass is 35.5. The van der Waals surface area contributed by atoms with Crippen LogP contribution < -0.4 is 10.9 Å². The second-order valence-electron chi connectivity index (χ2n) is 3.06. The maximum Gasteiger partial charge on any atom is 0.251 e. The average Bonchev–Trinajstić information content (AvgIpc) is 2.18. The molecule has 5 heteroatoms. The molecular formula is C10H11ClN2O2. The molecule has 0 bridgehead atoms. The lowest BCUT2D eigenvalue weighted by Crippen LogP contribution is -2.26. The number of carbonyl (C=O) groups is 1. The van der Waals surface area contributed by atoms with Gasteiger partial charge in [-0.3, -0.25) is 9.59 Å². The van der Waals surface area contributed by atoms with Crippen molar-refractivity contribution < 1.29 is 4.79 Å². The van der Waals surface area contributed by atoms with Gasteiger partial charge in [-0.05, 0) is 6.07 Å². The van der Waals surface area contributed by atoms with Crippen molar-refractivity contribution in [3.05, 3.63) is 45.9 Å². The first kappa shape index (κ1) is 11.5. The zero-order valence-electron chi connectivity index (χ0n) is 8.29. The van der Waals surface area contributed by atoms with Crippen LogP contribution in [-0.2, 0) is 7.05 Å². The fourth-order valence-corrected chi connectivity index (χ4v) is 1.03. The van der Waals surface area contributed by atoms with Crippen LogP contribution in [0.2, 0.25) is 0 Å². The smallest absolute Gasteiger partial charge is 0.251 e. The van der Waals surface area contributed by atoms with E-state index in [1.807, 2.05) is 0 Å². The van der Waals surface area contributed by atoms with Crippen molar-refractivity contribution in [1.29, 1.82) is 0 Å². The third-order valence-electron chi connectivity index (χ3n) is 1.81. The summed E-state index contributed by atoms with van der Waals surface area (Å²) >= 11 is 5.49. The minimum absolute atomic E-state index is 0.190. The van der Waals surface area contributed by atoms with Gasteiger partial charge in [0.2, 0.25) is 0 Å². The maximum atomic E-state index is 11.5. The Morgan fingerprint density at radius 3 is 2.87 bits per heavy atom. The molecule has 80 valence electrons. The standard InChI is InChI=1S/C10H11ClN2O2/c1-7(11)6-12-10(15)8-3-4-13(2)9(14)5-8/h3-5H,1,6H2,2H3,(H,12,15). The van der Waals surface area contributed by atoms with Gasteiger partial charge in [0, 0.05) is 29.9 Å². The van der Waals surface area contributed by atoms with E-state index in [0.29, 0.717) is 10.6 Å². The number of nitrogens with one attached hydrogen (secondary N) is 1. The highest BCUT2D eigenvalue weighted by molar-refractivity contribution is 6.29. The lowest BCUT2D eigenvalue weighted by atomic mass is 10.2. The Morgan fingerprint density at radius 1 is 1.67 bits per heavy atom. The number of halogens is 1. The monoisotopic (exact) mass is 226 g/mol. The molecule has 4 nitrogen and oxygen atoms in total. The van der Waals surface area contributed by atoms with E-state index in [1.54, 1.807) is 13.1 Å². The highest BCUT2D eigenvalue weighted by Gasteiger charge is 2.05. The van der Waals surface area contributed by atoms with E-state index >= 15 is 0 Å². The fraction of sp³-hybridized carbons (Fsp3) is 0.200. The number of hydrogen-bond donors (Lipinski definition) is 1. The fourth-order valence-electron chi connectivity index (χ4n) is 0.968. The normalized spacial score (nSPS) is 9.73. The van der Waals surface area contributed by atoms with Crippen LogP contribution in [0.25, 0.3) is 0 Å². The lowest BCUT2D eigenvalue weighted by Gasteiger charge is -2.04. The summed E-state index contributed by atoms with van der Waals surface area (Å²) in [6.07, 6.45) is 1.53. The molecule has 15 heavy (non-hydrogen) atoms. The van der Waals surface area contributed by atoms with Gasteiger partial charge in [-0.2, -0.15) is 0 Å². The molecule has 0 radical (unpaired) electrons. The van der Waals surface area contributed by atoms with Gasteiger partial charge < -0.3 is 9.88 Å². The second kappa shape index (κ2) is 4.79. The summed E-state index contributed by atoms with van der Waals surface area (Å²) in [5.41, 5.74) is 0.0865. The number of pyridine rings is 1. The minimum atomic E-state index is -0.338. The number of aryl methyl sites for hydroxylation is 1. The van der Waals surface area contributed by atoms with Gasteiger partial charge in [0.05, 0.1) is 6.54 Å². The topological polar surface area (TPSA) is 51.1 Å². The maximum absolute atomic E-state index is 11.5. The van der Waals surface area contributed by atoms with Gasteiger partial charge in [0.25, 0.3) is 11.5 Å². The van der Waals surface area contributed by atoms with Crippen LogP contribution in [0.1, 0.15) is 10.4 Å². The molecule has 1 rings (SSSR count). The Balaban J connectivity index is 2.79. The van der Waals surface area contributed by atoms with Crippen LogP contribution in [-0.4, -0.2) is 17.0 Å². The van der Waals surface area contributed by atoms with Crippen LogP contribution in [0, 0.1) is 0 Å². The van der Waals surface area contributed by atoms with E-state index in [-0.39, 0.29) is 18.0 Å². The number of nitrogens with zero attached hydrogens (tertiary/aromatic N) is 1. The minimum Gasteiger partial charge on any atom is -0.347 e. The molecule has 0 unspecified atom stereocenters. The first-order valence-electron chi connectivity index (χ1n) is 4.29. The first-order valence-corrected chi connectivity index (χ1v) is 4.66. The van der Waals surface area contributed by atoms with E-state index in [9.17, 15) is 9.59 Å². The van der Waals surface area contributed by atoms with E-state index < -0.39 is 0 Å². The van der Waals surface area contributed by atoms with Gasteiger partial charge in [-0.1, -0.05) is 18.2 Å².